The summed E-state index contributed by atoms with van der Waals surface area (Å²) in [5, 5.41) is 0. The summed E-state index contributed by atoms with van der Waals surface area (Å²) in [4.78, 5) is 4.11. The molecule has 0 aliphatic carbocycles. The highest BCUT2D eigenvalue weighted by molar-refractivity contribution is 5.48. The van der Waals surface area contributed by atoms with E-state index >= 15 is 0 Å². The van der Waals surface area contributed by atoms with Gasteiger partial charge in [-0.05, 0) is 31.0 Å². The van der Waals surface area contributed by atoms with Crippen LogP contribution < -0.4 is 0 Å². The second-order valence-corrected chi connectivity index (χ2v) is 2.54. The van der Waals surface area contributed by atoms with Crippen LogP contribution in [0.1, 0.15) is 24.6 Å². The van der Waals surface area contributed by atoms with E-state index in [1.165, 1.54) is 5.56 Å². The van der Waals surface area contributed by atoms with Crippen LogP contribution in [0.2, 0.25) is 0 Å². The van der Waals surface area contributed by atoms with Crippen molar-refractivity contribution in [2.75, 3.05) is 0 Å². The van der Waals surface area contributed by atoms with Crippen LogP contribution in [0.5, 0.6) is 0 Å². The Morgan fingerprint density at radius 1 is 1.55 bits per heavy atom. The van der Waals surface area contributed by atoms with E-state index in [0.717, 1.165) is 12.1 Å². The second-order valence-electron chi connectivity index (χ2n) is 2.54. The molecule has 0 saturated heterocycles. The lowest BCUT2D eigenvalue weighted by molar-refractivity contribution is 1.19. The van der Waals surface area contributed by atoms with Gasteiger partial charge < -0.3 is 0 Å². The Morgan fingerprint density at radius 3 is 3.00 bits per heavy atom. The van der Waals surface area contributed by atoms with Gasteiger partial charge in [-0.25, -0.2) is 0 Å². The number of aryl methyl sites for hydroxylation is 1. The molecule has 1 heterocycles. The van der Waals surface area contributed by atoms with Crippen LogP contribution in [0.4, 0.5) is 0 Å². The first-order valence-electron chi connectivity index (χ1n) is 3.92. The molecule has 0 unspecified atom stereocenters. The Morgan fingerprint density at radius 2 is 2.36 bits per heavy atom. The molecule has 0 aromatic carbocycles. The first-order valence-corrected chi connectivity index (χ1v) is 3.92. The van der Waals surface area contributed by atoms with Gasteiger partial charge in [0.15, 0.2) is 0 Å². The molecule has 1 nitrogen and oxygen atoms in total. The van der Waals surface area contributed by atoms with Crippen LogP contribution in [0.15, 0.2) is 24.4 Å². The maximum Gasteiger partial charge on any atom is 0.0378 e. The zero-order valence-corrected chi connectivity index (χ0v) is 7.04. The minimum Gasteiger partial charge on any atom is -0.262 e. The van der Waals surface area contributed by atoms with Crippen LogP contribution in [0, 0.1) is 6.92 Å². The van der Waals surface area contributed by atoms with Crippen molar-refractivity contribution in [2.45, 2.75) is 20.3 Å². The molecule has 1 aromatic rings. The molecule has 0 atom stereocenters. The number of aromatic nitrogens is 1. The highest BCUT2D eigenvalue weighted by Crippen LogP contribution is 2.03. The number of hydrogen-bond acceptors (Lipinski definition) is 1. The number of allylic oxidation sites excluding steroid dienone is 1. The topological polar surface area (TPSA) is 12.9 Å². The van der Waals surface area contributed by atoms with Gasteiger partial charge in [0, 0.05) is 11.9 Å². The third-order valence-corrected chi connectivity index (χ3v) is 1.47. The summed E-state index contributed by atoms with van der Waals surface area (Å²) >= 11 is 0. The predicted octanol–water partition coefficient (Wildman–Crippen LogP) is 2.81. The zero-order valence-electron chi connectivity index (χ0n) is 7.04. The maximum absolute atomic E-state index is 4.11. The number of nitrogens with zero attached hydrogens (tertiary/aromatic N) is 1. The van der Waals surface area contributed by atoms with Gasteiger partial charge in [0.25, 0.3) is 0 Å². The van der Waals surface area contributed by atoms with E-state index in [1.54, 1.807) is 0 Å². The summed E-state index contributed by atoms with van der Waals surface area (Å²) in [7, 11) is 0. The molecule has 0 saturated carbocycles. The predicted molar refractivity (Wildman–Crippen MR) is 48.3 cm³/mol. The fraction of sp³-hybridized carbons (Fsp3) is 0.300. The highest BCUT2D eigenvalue weighted by atomic mass is 14.6. The molecule has 0 N–H and O–H groups in total. The van der Waals surface area contributed by atoms with E-state index < -0.39 is 0 Å². The lowest BCUT2D eigenvalue weighted by atomic mass is 10.2. The Hall–Kier alpha value is -1.11. The number of pyridine rings is 1. The Balaban J connectivity index is 2.79. The van der Waals surface area contributed by atoms with Crippen molar-refractivity contribution in [1.82, 2.24) is 4.98 Å². The lowest BCUT2D eigenvalue weighted by Gasteiger charge is -1.93. The molecule has 0 radical (unpaired) electrons. The van der Waals surface area contributed by atoms with E-state index in [0.29, 0.717) is 0 Å². The third kappa shape index (κ3) is 2.54. The van der Waals surface area contributed by atoms with Gasteiger partial charge in [-0.1, -0.05) is 19.1 Å². The first kappa shape index (κ1) is 7.99. The van der Waals surface area contributed by atoms with Crippen molar-refractivity contribution in [1.29, 1.82) is 0 Å². The van der Waals surface area contributed by atoms with E-state index in [1.807, 2.05) is 19.2 Å². The largest absolute Gasteiger partial charge is 0.262 e. The van der Waals surface area contributed by atoms with Crippen LogP contribution in [0.3, 0.4) is 0 Å². The molecular weight excluding hydrogens is 134 g/mol. The monoisotopic (exact) mass is 147 g/mol. The average Bonchev–Trinajstić information content (AvgIpc) is 2.01. The molecule has 1 heteroatoms. The summed E-state index contributed by atoms with van der Waals surface area (Å²) in [6.45, 7) is 4.13. The Labute approximate surface area is 67.8 Å². The molecule has 0 spiro atoms. The first-order chi connectivity index (χ1) is 5.33. The molecule has 0 fully saturated rings. The van der Waals surface area contributed by atoms with Crippen molar-refractivity contribution in [2.24, 2.45) is 0 Å². The Kier molecular flexibility index (Phi) is 2.84. The second kappa shape index (κ2) is 3.91. The summed E-state index contributed by atoms with van der Waals surface area (Å²) in [5.41, 5.74) is 2.31. The van der Waals surface area contributed by atoms with Crippen molar-refractivity contribution < 1.29 is 0 Å². The van der Waals surface area contributed by atoms with Crippen molar-refractivity contribution in [3.8, 4) is 0 Å². The van der Waals surface area contributed by atoms with E-state index in [9.17, 15) is 0 Å². The molecule has 58 valence electrons. The van der Waals surface area contributed by atoms with Crippen LogP contribution >= 0.6 is 0 Å². The van der Waals surface area contributed by atoms with E-state index in [-0.39, 0.29) is 0 Å². The summed E-state index contributed by atoms with van der Waals surface area (Å²) in [6, 6.07) is 4.09. The van der Waals surface area contributed by atoms with Gasteiger partial charge in [0.2, 0.25) is 0 Å². The van der Waals surface area contributed by atoms with Gasteiger partial charge in [0.1, 0.15) is 0 Å². The lowest BCUT2D eigenvalue weighted by Crippen LogP contribution is -1.79. The molecule has 11 heavy (non-hydrogen) atoms. The van der Waals surface area contributed by atoms with Crippen LogP contribution in [0.25, 0.3) is 6.08 Å². The smallest absolute Gasteiger partial charge is 0.0378 e. The van der Waals surface area contributed by atoms with Gasteiger partial charge >= 0.3 is 0 Å². The maximum atomic E-state index is 4.11. The molecule has 1 aromatic heterocycles. The standard InChI is InChI=1S/C10H13N/c1-3-4-5-10-6-7-11-9(2)8-10/h4-8H,3H2,1-2H3. The zero-order chi connectivity index (χ0) is 8.10. The number of rotatable bonds is 2. The minimum atomic E-state index is 1.07. The van der Waals surface area contributed by atoms with Gasteiger partial charge in [-0.15, -0.1) is 0 Å². The highest BCUT2D eigenvalue weighted by Gasteiger charge is 1.86. The average molecular weight is 147 g/mol. The number of hydrogen-bond donors (Lipinski definition) is 0. The van der Waals surface area contributed by atoms with E-state index in [2.05, 4.69) is 30.1 Å². The fourth-order valence-corrected chi connectivity index (χ4v) is 0.925. The summed E-state index contributed by atoms with van der Waals surface area (Å²) < 4.78 is 0. The normalized spacial score (nSPS) is 10.7. The molecule has 0 aliphatic heterocycles. The quantitative estimate of drug-likeness (QED) is 0.626. The SMILES string of the molecule is CCC=Cc1ccnc(C)c1. The molecule has 0 bridgehead atoms. The van der Waals surface area contributed by atoms with Crippen molar-refractivity contribution in [3.05, 3.63) is 35.7 Å². The van der Waals surface area contributed by atoms with Crippen molar-refractivity contribution >= 4 is 6.08 Å². The molecule has 0 amide bonds. The minimum absolute atomic E-state index is 1.07. The van der Waals surface area contributed by atoms with Crippen molar-refractivity contribution in [3.63, 3.8) is 0 Å². The van der Waals surface area contributed by atoms with E-state index in [4.69, 9.17) is 0 Å². The molecular formula is C10H13N. The summed E-state index contributed by atoms with van der Waals surface area (Å²) in [6.07, 6.45) is 7.19. The van der Waals surface area contributed by atoms with Crippen LogP contribution in [-0.4, -0.2) is 4.98 Å². The Bertz CT molecular complexity index is 251. The third-order valence-electron chi connectivity index (χ3n) is 1.47. The summed E-state index contributed by atoms with van der Waals surface area (Å²) in [5.74, 6) is 0. The molecule has 0 aliphatic rings. The van der Waals surface area contributed by atoms with Gasteiger partial charge in [0.05, 0.1) is 0 Å². The fourth-order valence-electron chi connectivity index (χ4n) is 0.925. The van der Waals surface area contributed by atoms with Crippen LogP contribution in [-0.2, 0) is 0 Å². The van der Waals surface area contributed by atoms with Gasteiger partial charge in [-0.2, -0.15) is 0 Å². The van der Waals surface area contributed by atoms with Gasteiger partial charge in [-0.3, -0.25) is 4.98 Å². The molecule has 1 rings (SSSR count).